The van der Waals surface area contributed by atoms with E-state index in [1.807, 2.05) is 6.07 Å². The van der Waals surface area contributed by atoms with E-state index in [-0.39, 0.29) is 12.2 Å². The van der Waals surface area contributed by atoms with E-state index in [1.165, 1.54) is 25.1 Å². The van der Waals surface area contributed by atoms with Gasteiger partial charge < -0.3 is 14.2 Å². The number of methoxy groups -OCH3 is 2. The molecule has 0 N–H and O–H groups in total. The average Bonchev–Trinajstić information content (AvgIpc) is 2.72. The van der Waals surface area contributed by atoms with Gasteiger partial charge in [-0.15, -0.1) is 0 Å². The van der Waals surface area contributed by atoms with Gasteiger partial charge in [0.2, 0.25) is 0 Å². The molecule has 0 aliphatic carbocycles. The van der Waals surface area contributed by atoms with Crippen LogP contribution in [0.15, 0.2) is 50.8 Å². The molecule has 29 heavy (non-hydrogen) atoms. The van der Waals surface area contributed by atoms with Crippen molar-refractivity contribution in [1.82, 2.24) is 9.66 Å². The van der Waals surface area contributed by atoms with Crippen molar-refractivity contribution in [3.05, 3.63) is 62.6 Å². The Morgan fingerprint density at radius 2 is 2.00 bits per heavy atom. The molecule has 0 aliphatic rings. The molecule has 0 fully saturated rings. The molecule has 0 saturated heterocycles. The number of carbonyl (C=O) groups is 1. The maximum atomic E-state index is 12.8. The van der Waals surface area contributed by atoms with Crippen LogP contribution in [0, 0.1) is 6.92 Å². The summed E-state index contributed by atoms with van der Waals surface area (Å²) in [4.78, 5) is 28.4. The van der Waals surface area contributed by atoms with E-state index in [9.17, 15) is 9.59 Å². The largest absolute Gasteiger partial charge is 0.493 e. The van der Waals surface area contributed by atoms with Gasteiger partial charge >= 0.3 is 5.97 Å². The lowest BCUT2D eigenvalue weighted by molar-refractivity contribution is -0.142. The third-order valence-electron chi connectivity index (χ3n) is 4.05. The molecule has 2 aromatic carbocycles. The lowest BCUT2D eigenvalue weighted by atomic mass is 10.2. The first-order chi connectivity index (χ1) is 13.9. The van der Waals surface area contributed by atoms with E-state index >= 15 is 0 Å². The van der Waals surface area contributed by atoms with Crippen molar-refractivity contribution >= 4 is 39.0 Å². The van der Waals surface area contributed by atoms with Gasteiger partial charge in [0.05, 0.1) is 31.3 Å². The summed E-state index contributed by atoms with van der Waals surface area (Å²) in [5.74, 6) is 0.775. The van der Waals surface area contributed by atoms with Crippen LogP contribution in [0.4, 0.5) is 0 Å². The van der Waals surface area contributed by atoms with Crippen LogP contribution in [0.5, 0.6) is 11.5 Å². The molecule has 0 saturated carbocycles. The zero-order chi connectivity index (χ0) is 21.0. The second-order valence-corrected chi connectivity index (χ2v) is 6.87. The number of benzene rings is 2. The number of fused-ring (bicyclic) bond motifs is 1. The lowest BCUT2D eigenvalue weighted by Gasteiger charge is -2.10. The number of aryl methyl sites for hydroxylation is 1. The second kappa shape index (κ2) is 8.87. The molecule has 3 aromatic rings. The third-order valence-corrected chi connectivity index (χ3v) is 4.55. The Labute approximate surface area is 174 Å². The maximum absolute atomic E-state index is 12.8. The molecular weight excluding hydrogens is 442 g/mol. The molecule has 3 rings (SSSR count). The van der Waals surface area contributed by atoms with Gasteiger partial charge in [-0.3, -0.25) is 4.79 Å². The van der Waals surface area contributed by atoms with Crippen LogP contribution in [0.1, 0.15) is 11.4 Å². The van der Waals surface area contributed by atoms with E-state index in [1.54, 1.807) is 37.3 Å². The fourth-order valence-electron chi connectivity index (χ4n) is 2.60. The molecule has 8 nitrogen and oxygen atoms in total. The summed E-state index contributed by atoms with van der Waals surface area (Å²) >= 11 is 3.37. The Hall–Kier alpha value is -3.20. The number of nitrogens with zero attached hydrogens (tertiary/aromatic N) is 3. The number of carbonyl (C=O) groups excluding carboxylic acids is 1. The Morgan fingerprint density at radius 1 is 1.21 bits per heavy atom. The van der Waals surface area contributed by atoms with Crippen LogP contribution in [-0.2, 0) is 9.53 Å². The Bertz CT molecular complexity index is 1160. The predicted molar refractivity (Wildman–Crippen MR) is 112 cm³/mol. The zero-order valence-electron chi connectivity index (χ0n) is 16.0. The van der Waals surface area contributed by atoms with Crippen LogP contribution < -0.4 is 15.0 Å². The second-order valence-electron chi connectivity index (χ2n) is 5.96. The van der Waals surface area contributed by atoms with E-state index in [0.29, 0.717) is 33.8 Å². The summed E-state index contributed by atoms with van der Waals surface area (Å²) < 4.78 is 17.3. The summed E-state index contributed by atoms with van der Waals surface area (Å²) in [6, 6.07) is 10.4. The Morgan fingerprint density at radius 3 is 2.72 bits per heavy atom. The Kier molecular flexibility index (Phi) is 6.28. The first-order valence-corrected chi connectivity index (χ1v) is 9.33. The molecule has 0 spiro atoms. The third kappa shape index (κ3) is 4.62. The highest BCUT2D eigenvalue weighted by Crippen LogP contribution is 2.27. The van der Waals surface area contributed by atoms with Crippen molar-refractivity contribution in [3.8, 4) is 11.5 Å². The number of hydrogen-bond acceptors (Lipinski definition) is 7. The van der Waals surface area contributed by atoms with Gasteiger partial charge in [0.1, 0.15) is 5.82 Å². The minimum atomic E-state index is -0.497. The Balaban J connectivity index is 1.91. The average molecular weight is 460 g/mol. The standard InChI is InChI=1S/C20H18BrN3O5/c1-12-23-16-6-5-14(21)9-15(16)20(26)24(12)22-10-13-4-7-17(18(8-13)27-2)29-11-19(25)28-3/h4-10H,11H2,1-3H3. The van der Waals surface area contributed by atoms with Gasteiger partial charge in [-0.2, -0.15) is 9.78 Å². The molecule has 0 unspecified atom stereocenters. The molecule has 0 amide bonds. The number of aromatic nitrogens is 2. The van der Waals surface area contributed by atoms with Crippen molar-refractivity contribution in [3.63, 3.8) is 0 Å². The van der Waals surface area contributed by atoms with Crippen molar-refractivity contribution < 1.29 is 19.0 Å². The summed E-state index contributed by atoms with van der Waals surface area (Å²) in [5, 5.41) is 4.74. The summed E-state index contributed by atoms with van der Waals surface area (Å²) in [5.41, 5.74) is 1.01. The summed E-state index contributed by atoms with van der Waals surface area (Å²) in [7, 11) is 2.77. The summed E-state index contributed by atoms with van der Waals surface area (Å²) in [6.45, 7) is 1.48. The van der Waals surface area contributed by atoms with Gasteiger partial charge in [-0.05, 0) is 48.9 Å². The topological polar surface area (TPSA) is 92.0 Å². The van der Waals surface area contributed by atoms with Gasteiger partial charge in [0, 0.05) is 4.47 Å². The number of halogens is 1. The van der Waals surface area contributed by atoms with Crippen molar-refractivity contribution in [2.45, 2.75) is 6.92 Å². The van der Waals surface area contributed by atoms with E-state index in [2.05, 4.69) is 30.8 Å². The molecule has 1 aromatic heterocycles. The van der Waals surface area contributed by atoms with Crippen molar-refractivity contribution in [1.29, 1.82) is 0 Å². The van der Waals surface area contributed by atoms with Crippen LogP contribution in [0.3, 0.4) is 0 Å². The molecule has 0 aliphatic heterocycles. The zero-order valence-corrected chi connectivity index (χ0v) is 17.6. The highest BCUT2D eigenvalue weighted by atomic mass is 79.9. The molecule has 0 bridgehead atoms. The fourth-order valence-corrected chi connectivity index (χ4v) is 2.96. The summed E-state index contributed by atoms with van der Waals surface area (Å²) in [6.07, 6.45) is 1.52. The predicted octanol–water partition coefficient (Wildman–Crippen LogP) is 2.91. The highest BCUT2D eigenvalue weighted by Gasteiger charge is 2.10. The molecular formula is C20H18BrN3O5. The van der Waals surface area contributed by atoms with Gasteiger partial charge in [-0.1, -0.05) is 15.9 Å². The SMILES string of the molecule is COC(=O)COc1ccc(C=Nn2c(C)nc3ccc(Br)cc3c2=O)cc1OC. The van der Waals surface area contributed by atoms with E-state index in [4.69, 9.17) is 9.47 Å². The monoisotopic (exact) mass is 459 g/mol. The molecule has 0 radical (unpaired) electrons. The van der Waals surface area contributed by atoms with Gasteiger partial charge in [0.25, 0.3) is 5.56 Å². The van der Waals surface area contributed by atoms with Gasteiger partial charge in [0.15, 0.2) is 18.1 Å². The van der Waals surface area contributed by atoms with Crippen LogP contribution in [0.2, 0.25) is 0 Å². The quantitative estimate of drug-likeness (QED) is 0.415. The smallest absolute Gasteiger partial charge is 0.343 e. The van der Waals surface area contributed by atoms with Crippen LogP contribution >= 0.6 is 15.9 Å². The van der Waals surface area contributed by atoms with Crippen molar-refractivity contribution in [2.24, 2.45) is 5.10 Å². The minimum absolute atomic E-state index is 0.229. The molecule has 0 atom stereocenters. The van der Waals surface area contributed by atoms with Crippen LogP contribution in [0.25, 0.3) is 10.9 Å². The van der Waals surface area contributed by atoms with Crippen LogP contribution in [-0.4, -0.2) is 42.7 Å². The normalized spacial score (nSPS) is 11.0. The number of ether oxygens (including phenoxy) is 3. The first kappa shape index (κ1) is 20.5. The molecule has 1 heterocycles. The fraction of sp³-hybridized carbons (Fsp3) is 0.200. The first-order valence-electron chi connectivity index (χ1n) is 8.54. The molecule has 150 valence electrons. The number of esters is 1. The van der Waals surface area contributed by atoms with E-state index < -0.39 is 5.97 Å². The maximum Gasteiger partial charge on any atom is 0.343 e. The van der Waals surface area contributed by atoms with Crippen molar-refractivity contribution in [2.75, 3.05) is 20.8 Å². The lowest BCUT2D eigenvalue weighted by Crippen LogP contribution is -2.20. The minimum Gasteiger partial charge on any atom is -0.493 e. The number of rotatable bonds is 6. The highest BCUT2D eigenvalue weighted by molar-refractivity contribution is 9.10. The number of hydrogen-bond donors (Lipinski definition) is 0. The van der Waals surface area contributed by atoms with Gasteiger partial charge in [-0.25, -0.2) is 9.78 Å². The van der Waals surface area contributed by atoms with E-state index in [0.717, 1.165) is 4.47 Å². The molecule has 9 heteroatoms.